The number of oxime groups is 1. The third-order valence-electron chi connectivity index (χ3n) is 1.61. The molecule has 9 nitrogen and oxygen atoms in total. The van der Waals surface area contributed by atoms with Gasteiger partial charge in [-0.05, 0) is 20.8 Å². The zero-order valence-corrected chi connectivity index (χ0v) is 11.9. The number of ether oxygens (including phenoxy) is 1. The van der Waals surface area contributed by atoms with Crippen LogP contribution >= 0.6 is 11.5 Å². The molecule has 1 aromatic rings. The van der Waals surface area contributed by atoms with Crippen LogP contribution in [-0.2, 0) is 19.2 Å². The van der Waals surface area contributed by atoms with Gasteiger partial charge < -0.3 is 20.4 Å². The van der Waals surface area contributed by atoms with Gasteiger partial charge >= 0.3 is 11.9 Å². The van der Waals surface area contributed by atoms with Gasteiger partial charge in [-0.15, -0.1) is 0 Å². The van der Waals surface area contributed by atoms with Crippen molar-refractivity contribution in [2.24, 2.45) is 5.16 Å². The van der Waals surface area contributed by atoms with Crippen LogP contribution in [0.25, 0.3) is 0 Å². The Kier molecular flexibility index (Phi) is 4.97. The molecule has 0 radical (unpaired) electrons. The van der Waals surface area contributed by atoms with Crippen molar-refractivity contribution in [1.29, 1.82) is 0 Å². The molecule has 1 rings (SSSR count). The van der Waals surface area contributed by atoms with Crippen LogP contribution in [0.1, 0.15) is 26.6 Å². The number of carbonyl (C=O) groups is 2. The van der Waals surface area contributed by atoms with Crippen molar-refractivity contribution in [2.75, 3.05) is 12.3 Å². The number of nitrogens with two attached hydrogens (primary N) is 1. The fourth-order valence-electron chi connectivity index (χ4n) is 1.03. The van der Waals surface area contributed by atoms with Gasteiger partial charge in [-0.3, -0.25) is 0 Å². The maximum absolute atomic E-state index is 11.3. The second-order valence-corrected chi connectivity index (χ2v) is 5.34. The van der Waals surface area contributed by atoms with Crippen LogP contribution in [0.15, 0.2) is 5.16 Å². The quantitative estimate of drug-likeness (QED) is 0.449. The van der Waals surface area contributed by atoms with E-state index in [0.717, 1.165) is 11.5 Å². The summed E-state index contributed by atoms with van der Waals surface area (Å²) in [6.45, 7) is 4.56. The minimum atomic E-state index is -1.40. The van der Waals surface area contributed by atoms with Crippen LogP contribution in [0.4, 0.5) is 5.13 Å². The van der Waals surface area contributed by atoms with Gasteiger partial charge in [0.15, 0.2) is 5.13 Å². The lowest BCUT2D eigenvalue weighted by Crippen LogP contribution is -2.26. The third-order valence-corrected chi connectivity index (χ3v) is 2.16. The molecule has 10 heteroatoms. The molecule has 0 atom stereocenters. The molecule has 20 heavy (non-hydrogen) atoms. The molecule has 1 heterocycles. The number of anilines is 1. The first-order valence-corrected chi connectivity index (χ1v) is 6.21. The number of carboxylic acid groups (broad SMARTS) is 1. The number of hydrogen-bond donors (Lipinski definition) is 2. The Hall–Kier alpha value is -2.23. The Morgan fingerprint density at radius 3 is 2.55 bits per heavy atom. The number of carbonyl (C=O) groups excluding carboxylic acids is 1. The average molecular weight is 302 g/mol. The van der Waals surface area contributed by atoms with Gasteiger partial charge in [0.1, 0.15) is 5.60 Å². The predicted molar refractivity (Wildman–Crippen MR) is 70.3 cm³/mol. The van der Waals surface area contributed by atoms with E-state index in [1.807, 2.05) is 0 Å². The molecule has 110 valence electrons. The molecule has 0 saturated carbocycles. The van der Waals surface area contributed by atoms with E-state index in [9.17, 15) is 9.59 Å². The van der Waals surface area contributed by atoms with Gasteiger partial charge in [0, 0.05) is 11.5 Å². The largest absolute Gasteiger partial charge is 0.476 e. The van der Waals surface area contributed by atoms with Crippen molar-refractivity contribution >= 4 is 34.3 Å². The monoisotopic (exact) mass is 302 g/mol. The highest BCUT2D eigenvalue weighted by Crippen LogP contribution is 2.08. The molecule has 3 N–H and O–H groups in total. The number of aromatic nitrogens is 2. The van der Waals surface area contributed by atoms with Crippen molar-refractivity contribution < 1.29 is 24.3 Å². The van der Waals surface area contributed by atoms with Crippen LogP contribution in [0.3, 0.4) is 0 Å². The molecule has 0 aliphatic heterocycles. The minimum Gasteiger partial charge on any atom is -0.476 e. The highest BCUT2D eigenvalue weighted by Gasteiger charge is 2.20. The van der Waals surface area contributed by atoms with E-state index in [4.69, 9.17) is 15.6 Å². The molecule has 0 aliphatic carbocycles. The Morgan fingerprint density at radius 1 is 1.45 bits per heavy atom. The summed E-state index contributed by atoms with van der Waals surface area (Å²) in [5, 5.41) is 12.4. The van der Waals surface area contributed by atoms with Gasteiger partial charge in [-0.1, -0.05) is 5.16 Å². The van der Waals surface area contributed by atoms with Crippen molar-refractivity contribution in [2.45, 2.75) is 26.4 Å². The lowest BCUT2D eigenvalue weighted by molar-refractivity contribution is -0.160. The highest BCUT2D eigenvalue weighted by atomic mass is 32.1. The molecular weight excluding hydrogens is 288 g/mol. The van der Waals surface area contributed by atoms with Crippen LogP contribution < -0.4 is 5.73 Å². The van der Waals surface area contributed by atoms with Gasteiger partial charge in [-0.25, -0.2) is 9.59 Å². The molecule has 0 saturated heterocycles. The summed E-state index contributed by atoms with van der Waals surface area (Å²) >= 11 is 0.823. The molecule has 0 spiro atoms. The molecule has 0 unspecified atom stereocenters. The SMILES string of the molecule is CC(C)(C)OC(=O)CO/N=C(\C(=O)O)c1nsc(N)n1. The zero-order chi connectivity index (χ0) is 15.3. The van der Waals surface area contributed by atoms with E-state index in [0.29, 0.717) is 0 Å². The van der Waals surface area contributed by atoms with Crippen LogP contribution in [0, 0.1) is 0 Å². The number of nitrogens with zero attached hydrogens (tertiary/aromatic N) is 3. The Bertz CT molecular complexity index is 534. The van der Waals surface area contributed by atoms with Crippen LogP contribution in [-0.4, -0.2) is 44.3 Å². The van der Waals surface area contributed by atoms with Gasteiger partial charge in [0.2, 0.25) is 18.1 Å². The summed E-state index contributed by atoms with van der Waals surface area (Å²) < 4.78 is 8.65. The summed E-state index contributed by atoms with van der Waals surface area (Å²) in [6.07, 6.45) is 0. The molecule has 0 fully saturated rings. The fourth-order valence-corrected chi connectivity index (χ4v) is 1.46. The Labute approximate surface area is 118 Å². The average Bonchev–Trinajstić information content (AvgIpc) is 2.68. The van der Waals surface area contributed by atoms with E-state index in [-0.39, 0.29) is 11.0 Å². The molecule has 0 aliphatic rings. The lowest BCUT2D eigenvalue weighted by Gasteiger charge is -2.18. The number of carboxylic acids is 1. The van der Waals surface area contributed by atoms with Gasteiger partial charge in [0.25, 0.3) is 0 Å². The second-order valence-electron chi connectivity index (χ2n) is 4.56. The number of rotatable bonds is 5. The van der Waals surface area contributed by atoms with E-state index >= 15 is 0 Å². The smallest absolute Gasteiger partial charge is 0.362 e. The van der Waals surface area contributed by atoms with Crippen molar-refractivity contribution in [3.8, 4) is 0 Å². The summed E-state index contributed by atoms with van der Waals surface area (Å²) in [5.74, 6) is -2.24. The van der Waals surface area contributed by atoms with Crippen molar-refractivity contribution in [3.63, 3.8) is 0 Å². The number of hydrogen-bond acceptors (Lipinski definition) is 9. The molecular formula is C10H14N4O5S. The Morgan fingerprint density at radius 2 is 2.10 bits per heavy atom. The van der Waals surface area contributed by atoms with E-state index in [2.05, 4.69) is 19.4 Å². The minimum absolute atomic E-state index is 0.0982. The molecule has 0 amide bonds. The van der Waals surface area contributed by atoms with E-state index in [1.54, 1.807) is 20.8 Å². The van der Waals surface area contributed by atoms with Crippen molar-refractivity contribution in [3.05, 3.63) is 5.82 Å². The van der Waals surface area contributed by atoms with Gasteiger partial charge in [-0.2, -0.15) is 9.36 Å². The van der Waals surface area contributed by atoms with E-state index < -0.39 is 29.9 Å². The molecule has 1 aromatic heterocycles. The standard InChI is InChI=1S/C10H14N4O5S/c1-10(2,3)19-5(15)4-18-13-6(8(16)17)7-12-9(11)20-14-7/h4H2,1-3H3,(H,16,17)(H2,11,12,14)/b13-6-. The van der Waals surface area contributed by atoms with E-state index in [1.165, 1.54) is 0 Å². The summed E-state index contributed by atoms with van der Waals surface area (Å²) in [6, 6.07) is 0. The molecule has 0 bridgehead atoms. The lowest BCUT2D eigenvalue weighted by atomic mass is 10.2. The predicted octanol–water partition coefficient (Wildman–Crippen LogP) is 0.267. The fraction of sp³-hybridized carbons (Fsp3) is 0.500. The molecule has 0 aromatic carbocycles. The number of esters is 1. The van der Waals surface area contributed by atoms with Gasteiger partial charge in [0.05, 0.1) is 0 Å². The maximum Gasteiger partial charge on any atom is 0.362 e. The first-order valence-electron chi connectivity index (χ1n) is 5.43. The third kappa shape index (κ3) is 5.18. The number of aliphatic carboxylic acids is 1. The highest BCUT2D eigenvalue weighted by molar-refractivity contribution is 7.09. The normalized spacial score (nSPS) is 12.1. The maximum atomic E-state index is 11.3. The number of nitrogen functional groups attached to an aromatic ring is 1. The van der Waals surface area contributed by atoms with Crippen LogP contribution in [0.2, 0.25) is 0 Å². The summed E-state index contributed by atoms with van der Waals surface area (Å²) in [5.41, 5.74) is 4.14. The van der Waals surface area contributed by atoms with Crippen molar-refractivity contribution in [1.82, 2.24) is 9.36 Å². The van der Waals surface area contributed by atoms with Crippen LogP contribution in [0.5, 0.6) is 0 Å². The second kappa shape index (κ2) is 6.28. The first kappa shape index (κ1) is 15.8. The summed E-state index contributed by atoms with van der Waals surface area (Å²) in [4.78, 5) is 30.6. The Balaban J connectivity index is 2.66. The first-order chi connectivity index (χ1) is 9.19. The zero-order valence-electron chi connectivity index (χ0n) is 11.1. The topological polar surface area (TPSA) is 137 Å². The summed E-state index contributed by atoms with van der Waals surface area (Å²) in [7, 11) is 0.